The number of nitrogens with one attached hydrogen (secondary N) is 2. The fraction of sp³-hybridized carbons (Fsp3) is 0.300. The van der Waals surface area contributed by atoms with Crippen LogP contribution < -0.4 is 10.6 Å². The lowest BCUT2D eigenvalue weighted by molar-refractivity contribution is -0.118. The Balaban J connectivity index is 2.14. The normalized spacial score (nSPS) is 12.1. The Labute approximate surface area is 153 Å². The Morgan fingerprint density at radius 1 is 1.04 bits per heavy atom. The number of ether oxygens (including phenoxy) is 1. The van der Waals surface area contributed by atoms with E-state index in [4.69, 9.17) is 4.74 Å². The Hall–Kier alpha value is -3.02. The molecule has 2 amide bonds. The summed E-state index contributed by atoms with van der Waals surface area (Å²) in [5, 5.41) is 15.1. The summed E-state index contributed by atoms with van der Waals surface area (Å²) in [5.41, 5.74) is 0.498. The van der Waals surface area contributed by atoms with Gasteiger partial charge in [0, 0.05) is 6.42 Å². The van der Waals surface area contributed by atoms with Gasteiger partial charge in [-0.3, -0.25) is 4.79 Å². The fourth-order valence-electron chi connectivity index (χ4n) is 2.31. The van der Waals surface area contributed by atoms with Crippen LogP contribution in [-0.4, -0.2) is 28.7 Å². The van der Waals surface area contributed by atoms with Crippen molar-refractivity contribution in [1.82, 2.24) is 5.32 Å². The number of phenols is 1. The number of benzene rings is 2. The van der Waals surface area contributed by atoms with Crippen LogP contribution in [0.15, 0.2) is 54.6 Å². The molecule has 0 saturated carbocycles. The van der Waals surface area contributed by atoms with E-state index < -0.39 is 23.6 Å². The standard InChI is InChI=1S/C20H24N2O4/c1-20(2,3)26-19(25)22-16(13-14-9-5-4-6-10-14)18(24)21-15-11-7-8-12-17(15)23/h4-12,16,23H,13H2,1-3H3,(H,21,24)(H,22,25)/t16-/m0/s1. The number of aromatic hydroxyl groups is 1. The third-order valence-corrected chi connectivity index (χ3v) is 3.45. The molecular weight excluding hydrogens is 332 g/mol. The lowest BCUT2D eigenvalue weighted by Gasteiger charge is -2.23. The Bertz CT molecular complexity index is 754. The van der Waals surface area contributed by atoms with Crippen LogP contribution in [0.4, 0.5) is 10.5 Å². The monoisotopic (exact) mass is 356 g/mol. The molecule has 6 heteroatoms. The van der Waals surface area contributed by atoms with Crippen LogP contribution in [0.3, 0.4) is 0 Å². The van der Waals surface area contributed by atoms with Crippen molar-refractivity contribution >= 4 is 17.7 Å². The number of carbonyl (C=O) groups excluding carboxylic acids is 2. The van der Waals surface area contributed by atoms with Gasteiger partial charge < -0.3 is 20.5 Å². The zero-order valence-corrected chi connectivity index (χ0v) is 15.2. The van der Waals surface area contributed by atoms with E-state index in [-0.39, 0.29) is 11.4 Å². The highest BCUT2D eigenvalue weighted by atomic mass is 16.6. The Kier molecular flexibility index (Phi) is 6.22. The van der Waals surface area contributed by atoms with Gasteiger partial charge in [0.1, 0.15) is 17.4 Å². The number of amides is 2. The highest BCUT2D eigenvalue weighted by molar-refractivity contribution is 5.97. The number of phenolic OH excluding ortho intramolecular Hbond substituents is 1. The zero-order valence-electron chi connectivity index (χ0n) is 15.2. The first-order valence-electron chi connectivity index (χ1n) is 8.37. The summed E-state index contributed by atoms with van der Waals surface area (Å²) in [6.07, 6.45) is -0.384. The number of carbonyl (C=O) groups is 2. The predicted molar refractivity (Wildman–Crippen MR) is 100 cm³/mol. The Morgan fingerprint density at radius 3 is 2.27 bits per heavy atom. The lowest BCUT2D eigenvalue weighted by Crippen LogP contribution is -2.47. The molecule has 6 nitrogen and oxygen atoms in total. The topological polar surface area (TPSA) is 87.7 Å². The highest BCUT2D eigenvalue weighted by Gasteiger charge is 2.25. The quantitative estimate of drug-likeness (QED) is 0.716. The lowest BCUT2D eigenvalue weighted by atomic mass is 10.1. The van der Waals surface area contributed by atoms with E-state index in [1.807, 2.05) is 30.3 Å². The van der Waals surface area contributed by atoms with Gasteiger partial charge in [-0.2, -0.15) is 0 Å². The van der Waals surface area contributed by atoms with Crippen molar-refractivity contribution in [3.05, 3.63) is 60.2 Å². The first kappa shape index (κ1) is 19.3. The minimum Gasteiger partial charge on any atom is -0.506 e. The van der Waals surface area contributed by atoms with E-state index in [1.165, 1.54) is 6.07 Å². The maximum atomic E-state index is 12.7. The van der Waals surface area contributed by atoms with Crippen LogP contribution in [0, 0.1) is 0 Å². The van der Waals surface area contributed by atoms with Gasteiger partial charge in [0.15, 0.2) is 0 Å². The minimum atomic E-state index is -0.855. The second-order valence-electron chi connectivity index (χ2n) is 6.89. The summed E-state index contributed by atoms with van der Waals surface area (Å²) >= 11 is 0. The number of hydrogen-bond acceptors (Lipinski definition) is 4. The van der Waals surface area contributed by atoms with E-state index in [1.54, 1.807) is 39.0 Å². The fourth-order valence-corrected chi connectivity index (χ4v) is 2.31. The van der Waals surface area contributed by atoms with Crippen LogP contribution in [0.2, 0.25) is 0 Å². The van der Waals surface area contributed by atoms with Gasteiger partial charge in [-0.15, -0.1) is 0 Å². The molecule has 0 aliphatic carbocycles. The molecule has 0 unspecified atom stereocenters. The summed E-state index contributed by atoms with van der Waals surface area (Å²) < 4.78 is 5.25. The number of hydrogen-bond donors (Lipinski definition) is 3. The third kappa shape index (κ3) is 6.12. The SMILES string of the molecule is CC(C)(C)OC(=O)N[C@@H](Cc1ccccc1)C(=O)Nc1ccccc1O. The van der Waals surface area contributed by atoms with E-state index in [2.05, 4.69) is 10.6 Å². The molecule has 2 aromatic carbocycles. The van der Waals surface area contributed by atoms with Crippen LogP contribution in [0.1, 0.15) is 26.3 Å². The smallest absolute Gasteiger partial charge is 0.408 e. The molecule has 2 aromatic rings. The number of alkyl carbamates (subject to hydrolysis) is 1. The van der Waals surface area contributed by atoms with Gasteiger partial charge in [0.2, 0.25) is 5.91 Å². The van der Waals surface area contributed by atoms with E-state index >= 15 is 0 Å². The zero-order chi connectivity index (χ0) is 19.2. The largest absolute Gasteiger partial charge is 0.506 e. The highest BCUT2D eigenvalue weighted by Crippen LogP contribution is 2.22. The third-order valence-electron chi connectivity index (χ3n) is 3.45. The van der Waals surface area contributed by atoms with Gasteiger partial charge in [-0.25, -0.2) is 4.79 Å². The van der Waals surface area contributed by atoms with E-state index in [0.717, 1.165) is 5.56 Å². The van der Waals surface area contributed by atoms with Crippen LogP contribution in [-0.2, 0) is 16.0 Å². The molecule has 0 bridgehead atoms. The van der Waals surface area contributed by atoms with Crippen molar-refractivity contribution < 1.29 is 19.4 Å². The number of anilines is 1. The molecule has 0 radical (unpaired) electrons. The van der Waals surface area contributed by atoms with Crippen LogP contribution >= 0.6 is 0 Å². The molecule has 0 fully saturated rings. The average molecular weight is 356 g/mol. The Morgan fingerprint density at radius 2 is 1.65 bits per heavy atom. The number of para-hydroxylation sites is 2. The molecule has 2 rings (SSSR count). The molecule has 0 saturated heterocycles. The van der Waals surface area contributed by atoms with Crippen molar-refractivity contribution in [3.8, 4) is 5.75 Å². The van der Waals surface area contributed by atoms with Gasteiger partial charge >= 0.3 is 6.09 Å². The molecule has 0 aliphatic rings. The molecule has 26 heavy (non-hydrogen) atoms. The van der Waals surface area contributed by atoms with Crippen molar-refractivity contribution in [3.63, 3.8) is 0 Å². The maximum Gasteiger partial charge on any atom is 0.408 e. The van der Waals surface area contributed by atoms with Gasteiger partial charge in [0.25, 0.3) is 0 Å². The van der Waals surface area contributed by atoms with Crippen molar-refractivity contribution in [1.29, 1.82) is 0 Å². The molecule has 3 N–H and O–H groups in total. The van der Waals surface area contributed by atoms with Gasteiger partial charge in [-0.05, 0) is 38.5 Å². The molecule has 0 heterocycles. The number of rotatable bonds is 5. The van der Waals surface area contributed by atoms with Crippen molar-refractivity contribution in [2.24, 2.45) is 0 Å². The second-order valence-corrected chi connectivity index (χ2v) is 6.89. The minimum absolute atomic E-state index is 0.0448. The second kappa shape index (κ2) is 8.38. The van der Waals surface area contributed by atoms with E-state index in [9.17, 15) is 14.7 Å². The van der Waals surface area contributed by atoms with Crippen molar-refractivity contribution in [2.45, 2.75) is 38.8 Å². The molecule has 1 atom stereocenters. The summed E-state index contributed by atoms with van der Waals surface area (Å²) in [6, 6.07) is 14.9. The summed E-state index contributed by atoms with van der Waals surface area (Å²) in [5.74, 6) is -0.488. The molecular formula is C20H24N2O4. The van der Waals surface area contributed by atoms with Crippen molar-refractivity contribution in [2.75, 3.05) is 5.32 Å². The van der Waals surface area contributed by atoms with Crippen LogP contribution in [0.25, 0.3) is 0 Å². The summed E-state index contributed by atoms with van der Waals surface area (Å²) in [7, 11) is 0. The summed E-state index contributed by atoms with van der Waals surface area (Å²) in [6.45, 7) is 5.25. The molecule has 0 aromatic heterocycles. The van der Waals surface area contributed by atoms with Gasteiger partial charge in [0.05, 0.1) is 5.69 Å². The summed E-state index contributed by atoms with van der Waals surface area (Å²) in [4.78, 5) is 24.8. The predicted octanol–water partition coefficient (Wildman–Crippen LogP) is 3.47. The van der Waals surface area contributed by atoms with Crippen LogP contribution in [0.5, 0.6) is 5.75 Å². The first-order chi connectivity index (χ1) is 12.2. The van der Waals surface area contributed by atoms with E-state index in [0.29, 0.717) is 6.42 Å². The molecule has 138 valence electrons. The molecule has 0 aliphatic heterocycles. The average Bonchev–Trinajstić information content (AvgIpc) is 2.55. The maximum absolute atomic E-state index is 12.7. The molecule has 0 spiro atoms. The first-order valence-corrected chi connectivity index (χ1v) is 8.37. The van der Waals surface area contributed by atoms with Gasteiger partial charge in [-0.1, -0.05) is 42.5 Å².